The molecule has 3 rings (SSSR count). The lowest BCUT2D eigenvalue weighted by Gasteiger charge is -2.14. The normalized spacial score (nSPS) is 13.7. The first kappa shape index (κ1) is 14.6. The number of aryl methyl sites for hydroxylation is 2. The topological polar surface area (TPSA) is 35.5 Å². The summed E-state index contributed by atoms with van der Waals surface area (Å²) in [5.74, 6) is 1.16. The van der Waals surface area contributed by atoms with Gasteiger partial charge in [0.05, 0.1) is 5.56 Å². The molecule has 0 saturated heterocycles. The lowest BCUT2D eigenvalue weighted by molar-refractivity contribution is 0.0150. The number of ether oxygens (including phenoxy) is 2. The number of hydrogen-bond donors (Lipinski definition) is 0. The van der Waals surface area contributed by atoms with Crippen LogP contribution in [0.3, 0.4) is 0 Å². The van der Waals surface area contributed by atoms with Crippen molar-refractivity contribution < 1.29 is 14.3 Å². The average molecular weight is 296 g/mol. The quantitative estimate of drug-likeness (QED) is 0.607. The van der Waals surface area contributed by atoms with E-state index in [1.165, 1.54) is 18.4 Å². The molecule has 114 valence electrons. The van der Waals surface area contributed by atoms with E-state index in [1.54, 1.807) is 12.1 Å². The molecule has 1 aliphatic rings. The second kappa shape index (κ2) is 6.22. The number of carbonyl (C=O) groups is 1. The standard InChI is InChI=1S/C19H20O3/c1-13-10-17(15-8-9-15)11-14(2)18(13)21-12-22-19(20)16-6-4-3-5-7-16/h3-7,10-11,15H,8-9,12H2,1-2H3. The van der Waals surface area contributed by atoms with Crippen molar-refractivity contribution in [2.24, 2.45) is 0 Å². The van der Waals surface area contributed by atoms with Gasteiger partial charge in [-0.1, -0.05) is 30.3 Å². The van der Waals surface area contributed by atoms with Crippen LogP contribution in [0.5, 0.6) is 5.75 Å². The molecule has 3 heteroatoms. The molecule has 3 nitrogen and oxygen atoms in total. The van der Waals surface area contributed by atoms with Crippen molar-refractivity contribution in [3.05, 3.63) is 64.7 Å². The smallest absolute Gasteiger partial charge is 0.340 e. The molecule has 1 saturated carbocycles. The Bertz CT molecular complexity index is 649. The van der Waals surface area contributed by atoms with Crippen LogP contribution in [0.2, 0.25) is 0 Å². The fourth-order valence-electron chi connectivity index (χ4n) is 2.66. The van der Waals surface area contributed by atoms with E-state index in [0.29, 0.717) is 5.56 Å². The first-order valence-electron chi connectivity index (χ1n) is 7.61. The van der Waals surface area contributed by atoms with Gasteiger partial charge in [0.25, 0.3) is 0 Å². The van der Waals surface area contributed by atoms with Gasteiger partial charge in [-0.3, -0.25) is 0 Å². The molecule has 1 fully saturated rings. The van der Waals surface area contributed by atoms with Gasteiger partial charge in [-0.2, -0.15) is 0 Å². The predicted octanol–water partition coefficient (Wildman–Crippen LogP) is 4.37. The van der Waals surface area contributed by atoms with Gasteiger partial charge in [0.2, 0.25) is 6.79 Å². The van der Waals surface area contributed by atoms with Gasteiger partial charge in [0, 0.05) is 0 Å². The van der Waals surface area contributed by atoms with Gasteiger partial charge in [-0.15, -0.1) is 0 Å². The first-order valence-corrected chi connectivity index (χ1v) is 7.61. The fourth-order valence-corrected chi connectivity index (χ4v) is 2.66. The van der Waals surface area contributed by atoms with Crippen LogP contribution in [0, 0.1) is 13.8 Å². The Balaban J connectivity index is 1.61. The highest BCUT2D eigenvalue weighted by Crippen LogP contribution is 2.42. The van der Waals surface area contributed by atoms with Crippen molar-refractivity contribution in [2.45, 2.75) is 32.6 Å². The van der Waals surface area contributed by atoms with Crippen LogP contribution in [-0.4, -0.2) is 12.8 Å². The Kier molecular flexibility index (Phi) is 4.14. The van der Waals surface area contributed by atoms with E-state index >= 15 is 0 Å². The van der Waals surface area contributed by atoms with E-state index in [4.69, 9.17) is 9.47 Å². The maximum Gasteiger partial charge on any atom is 0.340 e. The molecule has 0 atom stereocenters. The molecule has 22 heavy (non-hydrogen) atoms. The largest absolute Gasteiger partial charge is 0.457 e. The lowest BCUT2D eigenvalue weighted by atomic mass is 10.0. The maximum absolute atomic E-state index is 11.9. The molecule has 0 bridgehead atoms. The van der Waals surface area contributed by atoms with Gasteiger partial charge >= 0.3 is 5.97 Å². The van der Waals surface area contributed by atoms with Gasteiger partial charge < -0.3 is 9.47 Å². The van der Waals surface area contributed by atoms with E-state index in [9.17, 15) is 4.79 Å². The summed E-state index contributed by atoms with van der Waals surface area (Å²) < 4.78 is 10.8. The number of carbonyl (C=O) groups excluding carboxylic acids is 1. The molecule has 0 aliphatic heterocycles. The zero-order valence-electron chi connectivity index (χ0n) is 13.0. The number of benzene rings is 2. The van der Waals surface area contributed by atoms with Gasteiger partial charge in [-0.05, 0) is 61.4 Å². The van der Waals surface area contributed by atoms with E-state index < -0.39 is 0 Å². The fraction of sp³-hybridized carbons (Fsp3) is 0.316. The van der Waals surface area contributed by atoms with Crippen molar-refractivity contribution in [1.82, 2.24) is 0 Å². The third kappa shape index (κ3) is 3.30. The van der Waals surface area contributed by atoms with Crippen LogP contribution < -0.4 is 4.74 Å². The van der Waals surface area contributed by atoms with Crippen molar-refractivity contribution in [3.63, 3.8) is 0 Å². The SMILES string of the molecule is Cc1cc(C2CC2)cc(C)c1OCOC(=O)c1ccccc1. The summed E-state index contributed by atoms with van der Waals surface area (Å²) in [6.45, 7) is 4.00. The average Bonchev–Trinajstić information content (AvgIpc) is 3.35. The number of hydrogen-bond acceptors (Lipinski definition) is 3. The molecule has 0 spiro atoms. The Morgan fingerprint density at radius 1 is 1.09 bits per heavy atom. The van der Waals surface area contributed by atoms with E-state index in [2.05, 4.69) is 12.1 Å². The van der Waals surface area contributed by atoms with Crippen molar-refractivity contribution in [1.29, 1.82) is 0 Å². The molecule has 1 aliphatic carbocycles. The van der Waals surface area contributed by atoms with Crippen LogP contribution >= 0.6 is 0 Å². The molecule has 0 heterocycles. The highest BCUT2D eigenvalue weighted by molar-refractivity contribution is 5.89. The summed E-state index contributed by atoms with van der Waals surface area (Å²) in [5.41, 5.74) is 4.11. The summed E-state index contributed by atoms with van der Waals surface area (Å²) in [7, 11) is 0. The van der Waals surface area contributed by atoms with Gasteiger partial charge in [-0.25, -0.2) is 4.79 Å². The molecule has 0 aromatic heterocycles. The molecule has 0 N–H and O–H groups in total. The lowest BCUT2D eigenvalue weighted by Crippen LogP contribution is -2.11. The Hall–Kier alpha value is -2.29. The van der Waals surface area contributed by atoms with Crippen molar-refractivity contribution >= 4 is 5.97 Å². The Labute approximate surface area is 130 Å². The minimum absolute atomic E-state index is 0.0712. The summed E-state index contributed by atoms with van der Waals surface area (Å²) in [6.07, 6.45) is 2.57. The molecular formula is C19H20O3. The number of rotatable bonds is 5. The predicted molar refractivity (Wildman–Crippen MR) is 85.2 cm³/mol. The zero-order valence-corrected chi connectivity index (χ0v) is 13.0. The third-order valence-electron chi connectivity index (χ3n) is 3.93. The molecule has 2 aromatic rings. The second-order valence-corrected chi connectivity index (χ2v) is 5.82. The minimum atomic E-state index is -0.370. The second-order valence-electron chi connectivity index (χ2n) is 5.82. The van der Waals surface area contributed by atoms with Gasteiger partial charge in [0.15, 0.2) is 0 Å². The van der Waals surface area contributed by atoms with Crippen LogP contribution in [0.4, 0.5) is 0 Å². The highest BCUT2D eigenvalue weighted by Gasteiger charge is 2.24. The highest BCUT2D eigenvalue weighted by atomic mass is 16.7. The summed E-state index contributed by atoms with van der Waals surface area (Å²) in [4.78, 5) is 11.9. The minimum Gasteiger partial charge on any atom is -0.457 e. The first-order chi connectivity index (χ1) is 10.6. The molecule has 2 aromatic carbocycles. The third-order valence-corrected chi connectivity index (χ3v) is 3.93. The van der Waals surface area contributed by atoms with Crippen LogP contribution in [0.15, 0.2) is 42.5 Å². The summed E-state index contributed by atoms with van der Waals surface area (Å²) in [6, 6.07) is 13.3. The van der Waals surface area contributed by atoms with Crippen molar-refractivity contribution in [3.8, 4) is 5.75 Å². The van der Waals surface area contributed by atoms with E-state index in [1.807, 2.05) is 32.0 Å². The van der Waals surface area contributed by atoms with Crippen LogP contribution in [-0.2, 0) is 4.74 Å². The van der Waals surface area contributed by atoms with Crippen molar-refractivity contribution in [2.75, 3.05) is 6.79 Å². The monoisotopic (exact) mass is 296 g/mol. The molecule has 0 amide bonds. The Morgan fingerprint density at radius 3 is 2.32 bits per heavy atom. The molecule has 0 radical (unpaired) electrons. The van der Waals surface area contributed by atoms with Gasteiger partial charge in [0.1, 0.15) is 5.75 Å². The van der Waals surface area contributed by atoms with Crippen LogP contribution in [0.25, 0.3) is 0 Å². The van der Waals surface area contributed by atoms with Crippen LogP contribution in [0.1, 0.15) is 45.8 Å². The zero-order chi connectivity index (χ0) is 15.5. The summed E-state index contributed by atoms with van der Waals surface area (Å²) >= 11 is 0. The van der Waals surface area contributed by atoms with E-state index in [-0.39, 0.29) is 12.8 Å². The number of esters is 1. The van der Waals surface area contributed by atoms with E-state index in [0.717, 1.165) is 22.8 Å². The maximum atomic E-state index is 11.9. The molecule has 0 unspecified atom stereocenters. The summed E-state index contributed by atoms with van der Waals surface area (Å²) in [5, 5.41) is 0. The Morgan fingerprint density at radius 2 is 1.73 bits per heavy atom. The molecular weight excluding hydrogens is 276 g/mol.